The highest BCUT2D eigenvalue weighted by Gasteiger charge is 2.27. The predicted octanol–water partition coefficient (Wildman–Crippen LogP) is 2.31. The quantitative estimate of drug-likeness (QED) is 0.901. The van der Waals surface area contributed by atoms with Gasteiger partial charge in [-0.1, -0.05) is 22.0 Å². The maximum absolute atomic E-state index is 12.3. The largest absolute Gasteiger partial charge is 0.398 e. The van der Waals surface area contributed by atoms with E-state index in [2.05, 4.69) is 15.9 Å². The third kappa shape index (κ3) is 2.57. The molecule has 1 aliphatic rings. The van der Waals surface area contributed by atoms with Crippen LogP contribution in [0.4, 0.5) is 5.69 Å². The number of halogens is 1. The Labute approximate surface area is 113 Å². The summed E-state index contributed by atoms with van der Waals surface area (Å²) in [4.78, 5) is 0.845. The van der Waals surface area contributed by atoms with Crippen LogP contribution in [0.15, 0.2) is 20.8 Å². The molecule has 2 heterocycles. The van der Waals surface area contributed by atoms with Crippen molar-refractivity contribution in [2.75, 3.05) is 18.8 Å². The summed E-state index contributed by atoms with van der Waals surface area (Å²) in [7, 11) is -3.38. The van der Waals surface area contributed by atoms with Crippen LogP contribution in [0.1, 0.15) is 11.3 Å². The van der Waals surface area contributed by atoms with Gasteiger partial charge in [-0.05, 0) is 23.9 Å². The summed E-state index contributed by atoms with van der Waals surface area (Å²) >= 11 is 4.61. The van der Waals surface area contributed by atoms with Gasteiger partial charge in [0, 0.05) is 23.7 Å². The first-order valence-corrected chi connectivity index (χ1v) is 8.17. The molecule has 0 saturated heterocycles. The average molecular weight is 337 g/mol. The Morgan fingerprint density at radius 3 is 2.71 bits per heavy atom. The van der Waals surface area contributed by atoms with Crippen LogP contribution in [0, 0.1) is 6.92 Å². The van der Waals surface area contributed by atoms with E-state index in [1.165, 1.54) is 15.6 Å². The summed E-state index contributed by atoms with van der Waals surface area (Å²) in [5, 5.41) is 0. The third-order valence-corrected chi connectivity index (χ3v) is 6.74. The number of thiophene rings is 1. The van der Waals surface area contributed by atoms with Crippen LogP contribution in [0.3, 0.4) is 0 Å². The van der Waals surface area contributed by atoms with Crippen molar-refractivity contribution in [2.45, 2.75) is 17.6 Å². The van der Waals surface area contributed by atoms with Crippen molar-refractivity contribution in [1.29, 1.82) is 0 Å². The summed E-state index contributed by atoms with van der Waals surface area (Å²) in [6, 6.07) is 1.54. The minimum atomic E-state index is -3.38. The topological polar surface area (TPSA) is 63.4 Å². The fourth-order valence-corrected chi connectivity index (χ4v) is 4.80. The zero-order chi connectivity index (χ0) is 12.6. The van der Waals surface area contributed by atoms with Crippen LogP contribution in [0.5, 0.6) is 0 Å². The van der Waals surface area contributed by atoms with Crippen molar-refractivity contribution < 1.29 is 8.42 Å². The lowest BCUT2D eigenvalue weighted by molar-refractivity contribution is 0.438. The minimum absolute atomic E-state index is 0.332. The van der Waals surface area contributed by atoms with E-state index >= 15 is 0 Å². The Kier molecular flexibility index (Phi) is 3.63. The minimum Gasteiger partial charge on any atom is -0.398 e. The summed E-state index contributed by atoms with van der Waals surface area (Å²) in [6.07, 6.45) is 2.60. The Morgan fingerprint density at radius 2 is 2.24 bits per heavy atom. The van der Waals surface area contributed by atoms with Crippen LogP contribution >= 0.6 is 27.3 Å². The van der Waals surface area contributed by atoms with E-state index in [-0.39, 0.29) is 0 Å². The van der Waals surface area contributed by atoms with Gasteiger partial charge in [0.15, 0.2) is 0 Å². The maximum atomic E-state index is 12.3. The van der Waals surface area contributed by atoms with Gasteiger partial charge in [-0.3, -0.25) is 0 Å². The molecule has 0 unspecified atom stereocenters. The zero-order valence-corrected chi connectivity index (χ0v) is 12.5. The molecule has 1 aromatic rings. The molecule has 7 heteroatoms. The number of aryl methyl sites for hydroxylation is 1. The van der Waals surface area contributed by atoms with Crippen molar-refractivity contribution in [3.05, 3.63) is 21.5 Å². The van der Waals surface area contributed by atoms with E-state index in [1.54, 1.807) is 6.07 Å². The van der Waals surface area contributed by atoms with Gasteiger partial charge in [-0.25, -0.2) is 8.42 Å². The standard InChI is InChI=1S/C10H13BrN2O2S2/c1-7-9(12)6-10(16-7)17(14,15)13-4-2-8(11)3-5-13/h2,6H,3-5,12H2,1H3. The summed E-state index contributed by atoms with van der Waals surface area (Å²) < 4.78 is 27.5. The Morgan fingerprint density at radius 1 is 1.53 bits per heavy atom. The highest BCUT2D eigenvalue weighted by molar-refractivity contribution is 9.11. The van der Waals surface area contributed by atoms with E-state index in [9.17, 15) is 8.42 Å². The van der Waals surface area contributed by atoms with Gasteiger partial charge >= 0.3 is 0 Å². The summed E-state index contributed by atoms with van der Waals surface area (Å²) in [5.41, 5.74) is 6.24. The smallest absolute Gasteiger partial charge is 0.252 e. The number of nitrogens with two attached hydrogens (primary N) is 1. The van der Waals surface area contributed by atoms with E-state index in [1.807, 2.05) is 13.0 Å². The number of hydrogen-bond acceptors (Lipinski definition) is 4. The van der Waals surface area contributed by atoms with Crippen LogP contribution in [-0.2, 0) is 10.0 Å². The van der Waals surface area contributed by atoms with Gasteiger partial charge in [0.25, 0.3) is 10.0 Å². The molecule has 0 bridgehead atoms. The average Bonchev–Trinajstić information content (AvgIpc) is 2.60. The van der Waals surface area contributed by atoms with Gasteiger partial charge < -0.3 is 5.73 Å². The molecule has 0 aromatic carbocycles. The third-order valence-electron chi connectivity index (χ3n) is 2.64. The first-order valence-electron chi connectivity index (χ1n) is 5.12. The number of nitrogens with zero attached hydrogens (tertiary/aromatic N) is 1. The van der Waals surface area contributed by atoms with Gasteiger partial charge in [-0.15, -0.1) is 11.3 Å². The van der Waals surface area contributed by atoms with Gasteiger partial charge in [0.2, 0.25) is 0 Å². The molecule has 0 saturated carbocycles. The van der Waals surface area contributed by atoms with E-state index in [0.29, 0.717) is 23.0 Å². The second-order valence-corrected chi connectivity index (χ2v) is 8.28. The van der Waals surface area contributed by atoms with Crippen molar-refractivity contribution in [3.8, 4) is 0 Å². The van der Waals surface area contributed by atoms with Crippen LogP contribution < -0.4 is 5.73 Å². The molecule has 0 radical (unpaired) electrons. The van der Waals surface area contributed by atoms with Crippen molar-refractivity contribution in [1.82, 2.24) is 4.31 Å². The van der Waals surface area contributed by atoms with Crippen molar-refractivity contribution in [3.63, 3.8) is 0 Å². The Hall–Kier alpha value is -0.370. The highest BCUT2D eigenvalue weighted by Crippen LogP contribution is 2.31. The molecule has 2 rings (SSSR count). The van der Waals surface area contributed by atoms with Crippen molar-refractivity contribution >= 4 is 43.0 Å². The van der Waals surface area contributed by atoms with Gasteiger partial charge in [0.1, 0.15) is 4.21 Å². The van der Waals surface area contributed by atoms with Crippen LogP contribution in [0.25, 0.3) is 0 Å². The molecule has 0 spiro atoms. The zero-order valence-electron chi connectivity index (χ0n) is 9.31. The fraction of sp³-hybridized carbons (Fsp3) is 0.400. The number of anilines is 1. The molecular formula is C10H13BrN2O2S2. The SMILES string of the molecule is Cc1sc(S(=O)(=O)N2CC=C(Br)CC2)cc1N. The number of rotatable bonds is 2. The molecule has 1 aromatic heterocycles. The van der Waals surface area contributed by atoms with Crippen LogP contribution in [-0.4, -0.2) is 25.8 Å². The Bertz CT molecular complexity index is 543. The molecule has 1 aliphatic heterocycles. The maximum Gasteiger partial charge on any atom is 0.252 e. The van der Waals surface area contributed by atoms with Crippen LogP contribution in [0.2, 0.25) is 0 Å². The summed E-state index contributed by atoms with van der Waals surface area (Å²) in [6.45, 7) is 2.75. The molecule has 2 N–H and O–H groups in total. The Balaban J connectivity index is 2.31. The number of sulfonamides is 1. The van der Waals surface area contributed by atoms with Gasteiger partial charge in [0.05, 0.1) is 0 Å². The molecular weight excluding hydrogens is 324 g/mol. The first kappa shape index (κ1) is 13.1. The molecule has 0 fully saturated rings. The molecule has 0 aliphatic carbocycles. The lowest BCUT2D eigenvalue weighted by atomic mass is 10.3. The monoisotopic (exact) mass is 336 g/mol. The molecule has 0 atom stereocenters. The lowest BCUT2D eigenvalue weighted by Crippen LogP contribution is -2.33. The molecule has 4 nitrogen and oxygen atoms in total. The number of nitrogen functional groups attached to an aromatic ring is 1. The normalized spacial score (nSPS) is 18.1. The second-order valence-electron chi connectivity index (χ2n) is 3.84. The summed E-state index contributed by atoms with van der Waals surface area (Å²) in [5.74, 6) is 0. The predicted molar refractivity (Wildman–Crippen MR) is 73.9 cm³/mol. The van der Waals surface area contributed by atoms with E-state index in [0.717, 1.165) is 15.8 Å². The van der Waals surface area contributed by atoms with Gasteiger partial charge in [-0.2, -0.15) is 4.31 Å². The molecule has 94 valence electrons. The molecule has 0 amide bonds. The fourth-order valence-electron chi connectivity index (χ4n) is 1.57. The lowest BCUT2D eigenvalue weighted by Gasteiger charge is -2.23. The second kappa shape index (κ2) is 4.72. The molecule has 17 heavy (non-hydrogen) atoms. The van der Waals surface area contributed by atoms with Crippen molar-refractivity contribution in [2.24, 2.45) is 0 Å². The van der Waals surface area contributed by atoms with E-state index in [4.69, 9.17) is 5.73 Å². The van der Waals surface area contributed by atoms with E-state index < -0.39 is 10.0 Å². The first-order chi connectivity index (χ1) is 7.91. The number of hydrogen-bond donors (Lipinski definition) is 1. The highest BCUT2D eigenvalue weighted by atomic mass is 79.9.